The smallest absolute Gasteiger partial charge is 0.165 e. The molecule has 1 N–H and O–H groups in total. The van der Waals surface area contributed by atoms with E-state index in [-0.39, 0.29) is 23.7 Å². The minimum Gasteiger partial charge on any atom is -0.494 e. The van der Waals surface area contributed by atoms with E-state index in [1.54, 1.807) is 12.1 Å². The zero-order valence-corrected chi connectivity index (χ0v) is 10.5. The molecule has 2 atom stereocenters. The van der Waals surface area contributed by atoms with Gasteiger partial charge in [-0.05, 0) is 31.0 Å². The molecule has 3 heteroatoms. The highest BCUT2D eigenvalue weighted by Gasteiger charge is 2.12. The third-order valence-corrected chi connectivity index (χ3v) is 2.74. The van der Waals surface area contributed by atoms with Crippen LogP contribution in [0.4, 0.5) is 4.39 Å². The third-order valence-electron chi connectivity index (χ3n) is 2.74. The number of benzene rings is 1. The summed E-state index contributed by atoms with van der Waals surface area (Å²) in [6.07, 6.45) is 6.25. The van der Waals surface area contributed by atoms with E-state index < -0.39 is 0 Å². The van der Waals surface area contributed by atoms with E-state index in [2.05, 4.69) is 11.2 Å². The second-order valence-electron chi connectivity index (χ2n) is 3.91. The normalized spacial score (nSPS) is 13.8. The lowest BCUT2D eigenvalue weighted by Gasteiger charge is -2.19. The van der Waals surface area contributed by atoms with Crippen LogP contribution in [0, 0.1) is 18.2 Å². The topological polar surface area (TPSA) is 21.3 Å². The Kier molecular flexibility index (Phi) is 4.99. The van der Waals surface area contributed by atoms with Crippen molar-refractivity contribution in [1.82, 2.24) is 5.32 Å². The molecule has 0 spiro atoms. The van der Waals surface area contributed by atoms with Gasteiger partial charge in [-0.3, -0.25) is 5.32 Å². The van der Waals surface area contributed by atoms with Crippen LogP contribution < -0.4 is 10.1 Å². The van der Waals surface area contributed by atoms with Gasteiger partial charge in [-0.25, -0.2) is 4.39 Å². The number of hydrogen-bond acceptors (Lipinski definition) is 2. The minimum absolute atomic E-state index is 0.0287. The summed E-state index contributed by atoms with van der Waals surface area (Å²) in [4.78, 5) is 0. The van der Waals surface area contributed by atoms with Crippen LogP contribution in [0.15, 0.2) is 18.2 Å². The second-order valence-corrected chi connectivity index (χ2v) is 3.91. The summed E-state index contributed by atoms with van der Waals surface area (Å²) in [7, 11) is 1.45. The van der Waals surface area contributed by atoms with Gasteiger partial charge in [0.25, 0.3) is 0 Å². The molecule has 1 rings (SSSR count). The van der Waals surface area contributed by atoms with Gasteiger partial charge < -0.3 is 4.74 Å². The van der Waals surface area contributed by atoms with Crippen molar-refractivity contribution in [1.29, 1.82) is 0 Å². The van der Waals surface area contributed by atoms with Crippen molar-refractivity contribution in [2.45, 2.75) is 32.4 Å². The van der Waals surface area contributed by atoms with E-state index in [9.17, 15) is 4.39 Å². The first-order chi connectivity index (χ1) is 8.12. The molecule has 0 radical (unpaired) electrons. The number of halogens is 1. The fourth-order valence-corrected chi connectivity index (χ4v) is 1.63. The van der Waals surface area contributed by atoms with Crippen LogP contribution in [0.5, 0.6) is 5.75 Å². The lowest BCUT2D eigenvalue weighted by molar-refractivity contribution is 0.384. The van der Waals surface area contributed by atoms with E-state index in [4.69, 9.17) is 11.2 Å². The molecule has 2 nitrogen and oxygen atoms in total. The average Bonchev–Trinajstić information content (AvgIpc) is 2.36. The van der Waals surface area contributed by atoms with Crippen molar-refractivity contribution in [3.05, 3.63) is 29.6 Å². The lowest BCUT2D eigenvalue weighted by atomic mass is 10.1. The van der Waals surface area contributed by atoms with Crippen LogP contribution in [-0.2, 0) is 0 Å². The van der Waals surface area contributed by atoms with E-state index in [0.29, 0.717) is 0 Å². The SMILES string of the molecule is C#CC(CC)NC(C)c1ccc(F)c(OC)c1. The van der Waals surface area contributed by atoms with Crippen LogP contribution >= 0.6 is 0 Å². The quantitative estimate of drug-likeness (QED) is 0.792. The van der Waals surface area contributed by atoms with Crippen LogP contribution in [0.25, 0.3) is 0 Å². The zero-order chi connectivity index (χ0) is 12.8. The zero-order valence-electron chi connectivity index (χ0n) is 10.5. The number of hydrogen-bond donors (Lipinski definition) is 1. The number of terminal acetylenes is 1. The van der Waals surface area contributed by atoms with E-state index in [1.165, 1.54) is 13.2 Å². The van der Waals surface area contributed by atoms with Gasteiger partial charge in [0.05, 0.1) is 13.2 Å². The predicted molar refractivity (Wildman–Crippen MR) is 67.4 cm³/mol. The maximum atomic E-state index is 13.3. The van der Waals surface area contributed by atoms with Crippen LogP contribution in [0.3, 0.4) is 0 Å². The minimum atomic E-state index is -0.354. The maximum absolute atomic E-state index is 13.3. The van der Waals surface area contributed by atoms with E-state index in [1.807, 2.05) is 13.8 Å². The van der Waals surface area contributed by atoms with Gasteiger partial charge in [0.2, 0.25) is 0 Å². The fourth-order valence-electron chi connectivity index (χ4n) is 1.63. The first-order valence-electron chi connectivity index (χ1n) is 5.68. The Balaban J connectivity index is 2.82. The Labute approximate surface area is 102 Å². The first kappa shape index (κ1) is 13.5. The molecule has 1 aromatic rings. The molecule has 17 heavy (non-hydrogen) atoms. The molecular weight excluding hydrogens is 217 g/mol. The molecule has 0 aromatic heterocycles. The fraction of sp³-hybridized carbons (Fsp3) is 0.429. The number of methoxy groups -OCH3 is 1. The maximum Gasteiger partial charge on any atom is 0.165 e. The van der Waals surface area contributed by atoms with Gasteiger partial charge in [0.15, 0.2) is 11.6 Å². The summed E-state index contributed by atoms with van der Waals surface area (Å²) < 4.78 is 18.2. The molecule has 0 heterocycles. The van der Waals surface area contributed by atoms with Crippen molar-refractivity contribution < 1.29 is 9.13 Å². The van der Waals surface area contributed by atoms with Gasteiger partial charge in [-0.1, -0.05) is 18.9 Å². The highest BCUT2D eigenvalue weighted by atomic mass is 19.1. The van der Waals surface area contributed by atoms with Crippen molar-refractivity contribution in [3.63, 3.8) is 0 Å². The average molecular weight is 235 g/mol. The summed E-state index contributed by atoms with van der Waals surface area (Å²) in [5, 5.41) is 3.29. The monoisotopic (exact) mass is 235 g/mol. The highest BCUT2D eigenvalue weighted by Crippen LogP contribution is 2.22. The number of rotatable bonds is 5. The Bertz CT molecular complexity index is 411. The highest BCUT2D eigenvalue weighted by molar-refractivity contribution is 5.32. The van der Waals surface area contributed by atoms with Gasteiger partial charge in [-0.2, -0.15) is 0 Å². The van der Waals surface area contributed by atoms with Crippen molar-refractivity contribution in [2.24, 2.45) is 0 Å². The molecular formula is C14H18FNO. The molecule has 2 unspecified atom stereocenters. The van der Waals surface area contributed by atoms with E-state index in [0.717, 1.165) is 12.0 Å². The summed E-state index contributed by atoms with van der Waals surface area (Å²) >= 11 is 0. The summed E-state index contributed by atoms with van der Waals surface area (Å²) in [5.41, 5.74) is 0.956. The number of ether oxygens (including phenoxy) is 1. The molecule has 92 valence electrons. The van der Waals surface area contributed by atoms with Gasteiger partial charge in [-0.15, -0.1) is 6.42 Å². The summed E-state index contributed by atoms with van der Waals surface area (Å²) in [6, 6.07) is 4.92. The van der Waals surface area contributed by atoms with Gasteiger partial charge in [0, 0.05) is 6.04 Å². The Morgan fingerprint density at radius 1 is 1.53 bits per heavy atom. The number of nitrogens with one attached hydrogen (secondary N) is 1. The summed E-state index contributed by atoms with van der Waals surface area (Å²) in [6.45, 7) is 4.02. The van der Waals surface area contributed by atoms with Gasteiger partial charge in [0.1, 0.15) is 0 Å². The molecule has 0 bridgehead atoms. The van der Waals surface area contributed by atoms with Crippen LogP contribution in [-0.4, -0.2) is 13.2 Å². The molecule has 0 amide bonds. The Morgan fingerprint density at radius 2 is 2.24 bits per heavy atom. The molecule has 1 aromatic carbocycles. The Morgan fingerprint density at radius 3 is 2.76 bits per heavy atom. The molecule has 0 fully saturated rings. The summed E-state index contributed by atoms with van der Waals surface area (Å²) in [5.74, 6) is 2.58. The lowest BCUT2D eigenvalue weighted by Crippen LogP contribution is -2.29. The largest absolute Gasteiger partial charge is 0.494 e. The molecule has 0 aliphatic carbocycles. The van der Waals surface area contributed by atoms with Crippen LogP contribution in [0.1, 0.15) is 31.9 Å². The standard InChI is InChI=1S/C14H18FNO/c1-5-12(6-2)16-10(3)11-7-8-13(15)14(9-11)17-4/h1,7-10,12,16H,6H2,2-4H3. The molecule has 0 aliphatic rings. The van der Waals surface area contributed by atoms with Crippen LogP contribution in [0.2, 0.25) is 0 Å². The Hall–Kier alpha value is -1.53. The molecule has 0 saturated heterocycles. The second kappa shape index (κ2) is 6.27. The van der Waals surface area contributed by atoms with E-state index >= 15 is 0 Å². The van der Waals surface area contributed by atoms with Crippen molar-refractivity contribution >= 4 is 0 Å². The van der Waals surface area contributed by atoms with Gasteiger partial charge >= 0.3 is 0 Å². The first-order valence-corrected chi connectivity index (χ1v) is 5.68. The van der Waals surface area contributed by atoms with Crippen molar-refractivity contribution in [2.75, 3.05) is 7.11 Å². The predicted octanol–water partition coefficient (Wildman–Crippen LogP) is 2.90. The van der Waals surface area contributed by atoms with Crippen molar-refractivity contribution in [3.8, 4) is 18.1 Å². The molecule has 0 saturated carbocycles. The molecule has 0 aliphatic heterocycles. The third kappa shape index (κ3) is 3.47.